The molecule has 1 aliphatic rings. The fourth-order valence-corrected chi connectivity index (χ4v) is 4.51. The number of allylic oxidation sites excluding steroid dienone is 1. The second-order valence-electron chi connectivity index (χ2n) is 8.25. The summed E-state index contributed by atoms with van der Waals surface area (Å²) in [5.41, 5.74) is 6.14. The maximum Gasteiger partial charge on any atom is 0.166 e. The molecular weight excluding hydrogens is 414 g/mol. The molecule has 6 heteroatoms. The van der Waals surface area contributed by atoms with Crippen LogP contribution in [0.2, 0.25) is 0 Å². The van der Waals surface area contributed by atoms with Gasteiger partial charge in [0.25, 0.3) is 0 Å². The Kier molecular flexibility index (Phi) is 5.42. The summed E-state index contributed by atoms with van der Waals surface area (Å²) in [4.78, 5) is 17.6. The molecule has 166 valence electrons. The summed E-state index contributed by atoms with van der Waals surface area (Å²) in [5, 5.41) is 4.79. The van der Waals surface area contributed by atoms with E-state index in [1.165, 1.54) is 0 Å². The minimum atomic E-state index is 0.106. The average Bonchev–Trinajstić information content (AvgIpc) is 3.19. The zero-order valence-corrected chi connectivity index (χ0v) is 18.9. The van der Waals surface area contributed by atoms with Gasteiger partial charge in [0.1, 0.15) is 0 Å². The van der Waals surface area contributed by atoms with Gasteiger partial charge in [-0.2, -0.15) is 5.10 Å². The summed E-state index contributed by atoms with van der Waals surface area (Å²) in [7, 11) is 3.24. The predicted molar refractivity (Wildman–Crippen MR) is 128 cm³/mol. The number of carbonyl (C=O) groups excluding carboxylic acids is 1. The third kappa shape index (κ3) is 3.78. The van der Waals surface area contributed by atoms with Crippen LogP contribution in [0.5, 0.6) is 11.5 Å². The van der Waals surface area contributed by atoms with Gasteiger partial charge in [-0.1, -0.05) is 48.6 Å². The van der Waals surface area contributed by atoms with Crippen molar-refractivity contribution in [3.63, 3.8) is 0 Å². The molecule has 1 aliphatic carbocycles. The molecule has 0 saturated heterocycles. The van der Waals surface area contributed by atoms with Crippen LogP contribution in [-0.4, -0.2) is 34.6 Å². The van der Waals surface area contributed by atoms with Crippen molar-refractivity contribution in [2.45, 2.75) is 19.8 Å². The number of Topliss-reactive ketones (excluding diaryl/α,β-unsaturated/α-hetero) is 1. The Morgan fingerprint density at radius 3 is 2.58 bits per heavy atom. The molecule has 0 radical (unpaired) electrons. The molecule has 0 fully saturated rings. The first-order valence-corrected chi connectivity index (χ1v) is 10.9. The smallest absolute Gasteiger partial charge is 0.166 e. The lowest BCUT2D eigenvalue weighted by Crippen LogP contribution is -2.22. The fraction of sp³-hybridized carbons (Fsp3) is 0.222. The van der Waals surface area contributed by atoms with Gasteiger partial charge in [-0.3, -0.25) is 4.79 Å². The number of ether oxygens (including phenoxy) is 2. The Morgan fingerprint density at radius 2 is 1.82 bits per heavy atom. The van der Waals surface area contributed by atoms with Crippen molar-refractivity contribution >= 4 is 17.5 Å². The monoisotopic (exact) mass is 439 g/mol. The maximum atomic E-state index is 12.9. The zero-order valence-electron chi connectivity index (χ0n) is 18.9. The number of rotatable bonds is 5. The number of hydrogen-bond acceptors (Lipinski definition) is 5. The molecule has 33 heavy (non-hydrogen) atoms. The minimum Gasteiger partial charge on any atom is -0.493 e. The third-order valence-corrected chi connectivity index (χ3v) is 6.15. The van der Waals surface area contributed by atoms with Crippen molar-refractivity contribution < 1.29 is 14.3 Å². The van der Waals surface area contributed by atoms with Crippen molar-refractivity contribution in [1.82, 2.24) is 14.6 Å². The van der Waals surface area contributed by atoms with Crippen molar-refractivity contribution in [3.8, 4) is 22.6 Å². The van der Waals surface area contributed by atoms with Crippen LogP contribution < -0.4 is 9.47 Å². The van der Waals surface area contributed by atoms with Gasteiger partial charge in [-0.15, -0.1) is 0 Å². The SMILES string of the molecule is COc1ccc(-c2c(C)nn3c4c(cnc23)C(=O)C[C@@H](/C=C/c2ccccc2)C4)cc1OC. The van der Waals surface area contributed by atoms with Crippen LogP contribution in [0.3, 0.4) is 0 Å². The van der Waals surface area contributed by atoms with E-state index < -0.39 is 0 Å². The van der Waals surface area contributed by atoms with Crippen molar-refractivity contribution in [1.29, 1.82) is 0 Å². The molecule has 5 rings (SSSR count). The first kappa shape index (κ1) is 20.9. The van der Waals surface area contributed by atoms with Gasteiger partial charge in [-0.05, 0) is 42.5 Å². The molecule has 1 atom stereocenters. The summed E-state index contributed by atoms with van der Waals surface area (Å²) in [5.74, 6) is 1.53. The van der Waals surface area contributed by atoms with Crippen LogP contribution in [0.4, 0.5) is 0 Å². The van der Waals surface area contributed by atoms with Crippen molar-refractivity contribution in [3.05, 3.63) is 83.3 Å². The standard InChI is InChI=1S/C27H25N3O3/c1-17-26(20-11-12-24(32-2)25(15-20)33-3)27-28-16-21-22(30(27)29-17)13-19(14-23(21)31)10-9-18-7-5-4-6-8-18/h4-12,15-16,19H,13-14H2,1-3H3/b10-9+/t19-/m0/s1. The number of ketones is 1. The molecule has 6 nitrogen and oxygen atoms in total. The van der Waals surface area contributed by atoms with Gasteiger partial charge in [0.05, 0.1) is 31.2 Å². The van der Waals surface area contributed by atoms with Gasteiger partial charge >= 0.3 is 0 Å². The molecule has 2 aromatic carbocycles. The molecule has 0 aliphatic heterocycles. The second kappa shape index (κ2) is 8.54. The summed E-state index contributed by atoms with van der Waals surface area (Å²) in [6.07, 6.45) is 7.14. The molecule has 0 N–H and O–H groups in total. The number of benzene rings is 2. The van der Waals surface area contributed by atoms with Gasteiger partial charge in [0.15, 0.2) is 22.9 Å². The van der Waals surface area contributed by atoms with E-state index in [1.54, 1.807) is 20.4 Å². The van der Waals surface area contributed by atoms with Gasteiger partial charge < -0.3 is 9.47 Å². The summed E-state index contributed by atoms with van der Waals surface area (Å²) >= 11 is 0. The maximum absolute atomic E-state index is 12.9. The van der Waals surface area contributed by atoms with Crippen LogP contribution in [0.1, 0.15) is 33.7 Å². The van der Waals surface area contributed by atoms with E-state index in [9.17, 15) is 4.79 Å². The van der Waals surface area contributed by atoms with E-state index >= 15 is 0 Å². The molecule has 0 saturated carbocycles. The van der Waals surface area contributed by atoms with Gasteiger partial charge in [0, 0.05) is 18.2 Å². The van der Waals surface area contributed by atoms with E-state index in [0.717, 1.165) is 40.1 Å². The molecule has 0 bridgehead atoms. The largest absolute Gasteiger partial charge is 0.493 e. The Balaban J connectivity index is 1.56. The molecule has 0 unspecified atom stereocenters. The zero-order chi connectivity index (χ0) is 22.9. The van der Waals surface area contributed by atoms with E-state index in [2.05, 4.69) is 29.3 Å². The highest BCUT2D eigenvalue weighted by atomic mass is 16.5. The first-order chi connectivity index (χ1) is 16.1. The van der Waals surface area contributed by atoms with Gasteiger partial charge in [0.2, 0.25) is 0 Å². The molecule has 2 heterocycles. The molecule has 0 spiro atoms. The molecule has 2 aromatic heterocycles. The van der Waals surface area contributed by atoms with E-state index in [4.69, 9.17) is 14.6 Å². The summed E-state index contributed by atoms with van der Waals surface area (Å²) in [6.45, 7) is 1.96. The summed E-state index contributed by atoms with van der Waals surface area (Å²) in [6, 6.07) is 15.9. The number of aromatic nitrogens is 3. The lowest BCUT2D eigenvalue weighted by atomic mass is 9.86. The van der Waals surface area contributed by atoms with Crippen LogP contribution in [0.15, 0.2) is 60.8 Å². The second-order valence-corrected chi connectivity index (χ2v) is 8.25. The number of nitrogens with zero attached hydrogens (tertiary/aromatic N) is 3. The number of aryl methyl sites for hydroxylation is 1. The summed E-state index contributed by atoms with van der Waals surface area (Å²) < 4.78 is 12.7. The number of carbonyl (C=O) groups is 1. The van der Waals surface area contributed by atoms with E-state index in [-0.39, 0.29) is 11.7 Å². The fourth-order valence-electron chi connectivity index (χ4n) is 4.51. The Bertz CT molecular complexity index is 1370. The van der Waals surface area contributed by atoms with E-state index in [1.807, 2.05) is 47.8 Å². The predicted octanol–water partition coefficient (Wildman–Crippen LogP) is 5.18. The lowest BCUT2D eigenvalue weighted by molar-refractivity contribution is 0.0957. The molecular formula is C27H25N3O3. The van der Waals surface area contributed by atoms with Crippen LogP contribution in [0, 0.1) is 12.8 Å². The van der Waals surface area contributed by atoms with Crippen LogP contribution in [-0.2, 0) is 6.42 Å². The van der Waals surface area contributed by atoms with Gasteiger partial charge in [-0.25, -0.2) is 9.50 Å². The minimum absolute atomic E-state index is 0.106. The number of fused-ring (bicyclic) bond motifs is 3. The normalized spacial score (nSPS) is 15.7. The average molecular weight is 440 g/mol. The van der Waals surface area contributed by atoms with Crippen molar-refractivity contribution in [2.75, 3.05) is 14.2 Å². The lowest BCUT2D eigenvalue weighted by Gasteiger charge is -2.21. The Morgan fingerprint density at radius 1 is 1.03 bits per heavy atom. The van der Waals surface area contributed by atoms with Crippen LogP contribution in [0.25, 0.3) is 22.9 Å². The van der Waals surface area contributed by atoms with E-state index in [0.29, 0.717) is 23.5 Å². The molecule has 0 amide bonds. The highest BCUT2D eigenvalue weighted by Gasteiger charge is 2.28. The quantitative estimate of drug-likeness (QED) is 0.429. The number of methoxy groups -OCH3 is 2. The van der Waals surface area contributed by atoms with Crippen LogP contribution >= 0.6 is 0 Å². The molecule has 4 aromatic rings. The number of hydrogen-bond donors (Lipinski definition) is 0. The first-order valence-electron chi connectivity index (χ1n) is 10.9. The van der Waals surface area contributed by atoms with Crippen molar-refractivity contribution in [2.24, 2.45) is 5.92 Å². The highest BCUT2D eigenvalue weighted by molar-refractivity contribution is 5.99. The highest BCUT2D eigenvalue weighted by Crippen LogP contribution is 2.36. The Labute approximate surface area is 192 Å². The third-order valence-electron chi connectivity index (χ3n) is 6.15. The Hall–Kier alpha value is -3.93. The topological polar surface area (TPSA) is 65.7 Å².